The maximum Gasteiger partial charge on any atom is 0.234 e. The van der Waals surface area contributed by atoms with Gasteiger partial charge < -0.3 is 14.8 Å². The summed E-state index contributed by atoms with van der Waals surface area (Å²) in [6.45, 7) is 1.73. The molecule has 29 heavy (non-hydrogen) atoms. The molecule has 0 saturated heterocycles. The van der Waals surface area contributed by atoms with Gasteiger partial charge in [-0.1, -0.05) is 23.9 Å². The van der Waals surface area contributed by atoms with Crippen LogP contribution in [0.3, 0.4) is 0 Å². The number of rotatable bonds is 9. The number of aromatic nitrogens is 4. The summed E-state index contributed by atoms with van der Waals surface area (Å²) in [7, 11) is 4.11. The molecule has 0 bridgehead atoms. The van der Waals surface area contributed by atoms with Crippen molar-refractivity contribution in [3.63, 3.8) is 0 Å². The van der Waals surface area contributed by atoms with E-state index in [0.29, 0.717) is 0 Å². The number of halogens is 1. The summed E-state index contributed by atoms with van der Waals surface area (Å²) >= 11 is 4.83. The van der Waals surface area contributed by atoms with Crippen LogP contribution in [0.15, 0.2) is 58.4 Å². The summed E-state index contributed by atoms with van der Waals surface area (Å²) in [5.41, 5.74) is 1.71. The normalized spacial score (nSPS) is 11.0. The summed E-state index contributed by atoms with van der Waals surface area (Å²) in [5.74, 6) is 0.957. The molecule has 2 heterocycles. The van der Waals surface area contributed by atoms with Gasteiger partial charge in [0.1, 0.15) is 0 Å². The highest BCUT2D eigenvalue weighted by Crippen LogP contribution is 2.25. The van der Waals surface area contributed by atoms with E-state index in [1.165, 1.54) is 11.8 Å². The largest absolute Gasteiger partial charge is 0.324 e. The zero-order valence-corrected chi connectivity index (χ0v) is 18.8. The molecule has 0 aliphatic carbocycles. The summed E-state index contributed by atoms with van der Waals surface area (Å²) in [4.78, 5) is 18.6. The SMILES string of the molecule is CN(C)CCCn1c(SCC(=O)Nc2ccccc2Br)nnc1-c1ccncc1. The molecule has 0 atom stereocenters. The summed E-state index contributed by atoms with van der Waals surface area (Å²) in [6, 6.07) is 11.4. The highest BCUT2D eigenvalue weighted by Gasteiger charge is 2.16. The number of benzene rings is 1. The van der Waals surface area contributed by atoms with Crippen LogP contribution in [0.5, 0.6) is 0 Å². The van der Waals surface area contributed by atoms with Crippen molar-refractivity contribution in [2.45, 2.75) is 18.1 Å². The fourth-order valence-electron chi connectivity index (χ4n) is 2.74. The fourth-order valence-corrected chi connectivity index (χ4v) is 3.88. The first-order valence-electron chi connectivity index (χ1n) is 9.20. The molecule has 1 N–H and O–H groups in total. The van der Waals surface area contributed by atoms with Crippen LogP contribution in [0.1, 0.15) is 6.42 Å². The lowest BCUT2D eigenvalue weighted by molar-refractivity contribution is -0.113. The summed E-state index contributed by atoms with van der Waals surface area (Å²) in [5, 5.41) is 12.4. The van der Waals surface area contributed by atoms with Crippen molar-refractivity contribution in [1.82, 2.24) is 24.6 Å². The van der Waals surface area contributed by atoms with E-state index >= 15 is 0 Å². The van der Waals surface area contributed by atoms with E-state index in [4.69, 9.17) is 0 Å². The van der Waals surface area contributed by atoms with E-state index in [9.17, 15) is 4.79 Å². The lowest BCUT2D eigenvalue weighted by Gasteiger charge is -2.13. The Kier molecular flexibility index (Phi) is 7.79. The van der Waals surface area contributed by atoms with Gasteiger partial charge in [-0.15, -0.1) is 10.2 Å². The van der Waals surface area contributed by atoms with Crippen LogP contribution in [0.4, 0.5) is 5.69 Å². The molecule has 0 spiro atoms. The lowest BCUT2D eigenvalue weighted by Crippen LogP contribution is -2.17. The smallest absolute Gasteiger partial charge is 0.234 e. The summed E-state index contributed by atoms with van der Waals surface area (Å²) in [6.07, 6.45) is 4.44. The monoisotopic (exact) mass is 474 g/mol. The molecular weight excluding hydrogens is 452 g/mol. The molecule has 2 aromatic heterocycles. The van der Waals surface area contributed by atoms with Gasteiger partial charge in [-0.3, -0.25) is 9.78 Å². The number of nitrogens with one attached hydrogen (secondary N) is 1. The van der Waals surface area contributed by atoms with Crippen LogP contribution in [0.25, 0.3) is 11.4 Å². The Morgan fingerprint density at radius 2 is 1.93 bits per heavy atom. The van der Waals surface area contributed by atoms with Crippen LogP contribution in [0.2, 0.25) is 0 Å². The maximum absolute atomic E-state index is 12.4. The first-order valence-corrected chi connectivity index (χ1v) is 11.0. The van der Waals surface area contributed by atoms with Gasteiger partial charge >= 0.3 is 0 Å². The minimum Gasteiger partial charge on any atom is -0.324 e. The van der Waals surface area contributed by atoms with Gasteiger partial charge in [-0.2, -0.15) is 0 Å². The molecule has 1 amide bonds. The minimum atomic E-state index is -0.0878. The highest BCUT2D eigenvalue weighted by molar-refractivity contribution is 9.10. The van der Waals surface area contributed by atoms with Crippen LogP contribution in [0, 0.1) is 0 Å². The number of amides is 1. The number of carbonyl (C=O) groups is 1. The second kappa shape index (κ2) is 10.5. The molecule has 3 rings (SSSR count). The molecule has 7 nitrogen and oxygen atoms in total. The molecule has 0 radical (unpaired) electrons. The molecular formula is C20H23BrN6OS. The number of nitrogens with zero attached hydrogens (tertiary/aromatic N) is 5. The molecule has 0 aliphatic heterocycles. The van der Waals surface area contributed by atoms with E-state index in [1.54, 1.807) is 12.4 Å². The molecule has 152 valence electrons. The third-order valence-electron chi connectivity index (χ3n) is 4.12. The van der Waals surface area contributed by atoms with Crippen molar-refractivity contribution in [2.24, 2.45) is 0 Å². The van der Waals surface area contributed by atoms with E-state index in [0.717, 1.165) is 46.2 Å². The van der Waals surface area contributed by atoms with Gasteiger partial charge in [-0.25, -0.2) is 0 Å². The lowest BCUT2D eigenvalue weighted by atomic mass is 10.2. The Morgan fingerprint density at radius 1 is 1.17 bits per heavy atom. The zero-order valence-electron chi connectivity index (χ0n) is 16.4. The van der Waals surface area contributed by atoms with E-state index in [1.807, 2.05) is 36.4 Å². The molecule has 0 saturated carbocycles. The van der Waals surface area contributed by atoms with Crippen LogP contribution in [-0.2, 0) is 11.3 Å². The van der Waals surface area contributed by atoms with Crippen molar-refractivity contribution in [3.8, 4) is 11.4 Å². The van der Waals surface area contributed by atoms with E-state index < -0.39 is 0 Å². The number of thioether (sulfide) groups is 1. The average molecular weight is 475 g/mol. The highest BCUT2D eigenvalue weighted by atomic mass is 79.9. The Balaban J connectivity index is 1.71. The number of carbonyl (C=O) groups excluding carboxylic acids is 1. The topological polar surface area (TPSA) is 75.9 Å². The quantitative estimate of drug-likeness (QED) is 0.475. The maximum atomic E-state index is 12.4. The predicted octanol–water partition coefficient (Wildman–Crippen LogP) is 3.79. The number of para-hydroxylation sites is 1. The van der Waals surface area contributed by atoms with Crippen molar-refractivity contribution in [1.29, 1.82) is 0 Å². The zero-order chi connectivity index (χ0) is 20.6. The fraction of sp³-hybridized carbons (Fsp3) is 0.300. The van der Waals surface area contributed by atoms with Crippen LogP contribution >= 0.6 is 27.7 Å². The second-order valence-electron chi connectivity index (χ2n) is 6.67. The van der Waals surface area contributed by atoms with Gasteiger partial charge in [0, 0.05) is 29.0 Å². The van der Waals surface area contributed by atoms with Gasteiger partial charge in [0.2, 0.25) is 5.91 Å². The average Bonchev–Trinajstić information content (AvgIpc) is 3.11. The Bertz CT molecular complexity index is 947. The van der Waals surface area contributed by atoms with Crippen molar-refractivity contribution in [3.05, 3.63) is 53.3 Å². The van der Waals surface area contributed by atoms with Gasteiger partial charge in [0.05, 0.1) is 11.4 Å². The van der Waals surface area contributed by atoms with Crippen molar-refractivity contribution >= 4 is 39.3 Å². The second-order valence-corrected chi connectivity index (χ2v) is 8.46. The number of pyridine rings is 1. The van der Waals surface area contributed by atoms with Gasteiger partial charge in [-0.05, 0) is 67.3 Å². The molecule has 9 heteroatoms. The number of hydrogen-bond donors (Lipinski definition) is 1. The molecule has 0 aliphatic rings. The van der Waals surface area contributed by atoms with E-state index in [-0.39, 0.29) is 11.7 Å². The first kappa shape index (κ1) is 21.5. The standard InChI is InChI=1S/C20H23BrN6OS/c1-26(2)12-5-13-27-19(15-8-10-22-11-9-15)24-25-20(27)29-14-18(28)23-17-7-4-3-6-16(17)21/h3-4,6-11H,5,12-14H2,1-2H3,(H,23,28). The molecule has 0 unspecified atom stereocenters. The van der Waals surface area contributed by atoms with Crippen molar-refractivity contribution in [2.75, 3.05) is 31.7 Å². The number of hydrogen-bond acceptors (Lipinski definition) is 6. The Labute approximate surface area is 183 Å². The molecule has 0 fully saturated rings. The predicted molar refractivity (Wildman–Crippen MR) is 120 cm³/mol. The van der Waals surface area contributed by atoms with Gasteiger partial charge in [0.15, 0.2) is 11.0 Å². The molecule has 1 aromatic carbocycles. The van der Waals surface area contributed by atoms with Crippen LogP contribution in [-0.4, -0.2) is 56.9 Å². The number of anilines is 1. The Morgan fingerprint density at radius 3 is 2.66 bits per heavy atom. The summed E-state index contributed by atoms with van der Waals surface area (Å²) < 4.78 is 2.93. The van der Waals surface area contributed by atoms with Gasteiger partial charge in [0.25, 0.3) is 0 Å². The van der Waals surface area contributed by atoms with Crippen molar-refractivity contribution < 1.29 is 4.79 Å². The Hall–Kier alpha value is -2.23. The third-order valence-corrected chi connectivity index (χ3v) is 5.78. The first-order chi connectivity index (χ1) is 14.0. The van der Waals surface area contributed by atoms with E-state index in [2.05, 4.69) is 60.0 Å². The molecule has 3 aromatic rings. The van der Waals surface area contributed by atoms with Crippen LogP contribution < -0.4 is 5.32 Å². The minimum absolute atomic E-state index is 0.0878. The third kappa shape index (κ3) is 6.12.